The summed E-state index contributed by atoms with van der Waals surface area (Å²) in [5.41, 5.74) is 0.400. The maximum Gasteiger partial charge on any atom is 0.416 e. The molecule has 0 N–H and O–H groups in total. The van der Waals surface area contributed by atoms with Crippen LogP contribution in [-0.2, 0) is 18.5 Å². The highest BCUT2D eigenvalue weighted by molar-refractivity contribution is 7.98. The normalized spacial score (nSPS) is 12.3. The Labute approximate surface area is 174 Å². The van der Waals surface area contributed by atoms with Crippen molar-refractivity contribution in [1.29, 1.82) is 0 Å². The summed E-state index contributed by atoms with van der Waals surface area (Å²) < 4.78 is 42.4. The van der Waals surface area contributed by atoms with Gasteiger partial charge in [0.1, 0.15) is 0 Å². The van der Waals surface area contributed by atoms with Crippen LogP contribution in [0.25, 0.3) is 16.7 Å². The molecule has 0 aliphatic carbocycles. The van der Waals surface area contributed by atoms with E-state index in [2.05, 4.69) is 10.2 Å². The molecule has 0 spiro atoms. The van der Waals surface area contributed by atoms with Gasteiger partial charge in [-0.1, -0.05) is 55.9 Å². The van der Waals surface area contributed by atoms with Crippen LogP contribution in [0, 0.1) is 5.92 Å². The van der Waals surface area contributed by atoms with E-state index in [1.807, 2.05) is 26.0 Å². The first-order valence-corrected chi connectivity index (χ1v) is 10.4. The summed E-state index contributed by atoms with van der Waals surface area (Å²) in [7, 11) is 0. The molecule has 2 aromatic carbocycles. The van der Waals surface area contributed by atoms with E-state index >= 15 is 0 Å². The van der Waals surface area contributed by atoms with Crippen molar-refractivity contribution in [3.63, 3.8) is 0 Å². The van der Waals surface area contributed by atoms with Crippen molar-refractivity contribution in [1.82, 2.24) is 19.2 Å². The van der Waals surface area contributed by atoms with E-state index in [1.54, 1.807) is 27.2 Å². The van der Waals surface area contributed by atoms with Crippen LogP contribution in [0.1, 0.15) is 25.0 Å². The maximum absolute atomic E-state index is 13.0. The van der Waals surface area contributed by atoms with Gasteiger partial charge in [-0.3, -0.25) is 13.8 Å². The zero-order valence-corrected chi connectivity index (χ0v) is 17.2. The molecule has 2 aromatic heterocycles. The standard InChI is InChI=1S/C21H19F3N4OS/c1-13(2)11-27-18(29)16-8-3-4-9-17(16)28-19(27)25-26-20(28)30-12-14-6-5-7-15(10-14)21(22,23)24/h3-10,13H,11-12H2,1-2H3. The highest BCUT2D eigenvalue weighted by Gasteiger charge is 2.30. The van der Waals surface area contributed by atoms with Crippen LogP contribution in [0.5, 0.6) is 0 Å². The van der Waals surface area contributed by atoms with Crippen LogP contribution in [0.3, 0.4) is 0 Å². The number of hydrogen-bond donors (Lipinski definition) is 0. The van der Waals surface area contributed by atoms with Crippen LogP contribution in [0.4, 0.5) is 13.2 Å². The lowest BCUT2D eigenvalue weighted by atomic mass is 10.1. The van der Waals surface area contributed by atoms with E-state index in [-0.39, 0.29) is 11.5 Å². The minimum Gasteiger partial charge on any atom is -0.276 e. The molecule has 156 valence electrons. The largest absolute Gasteiger partial charge is 0.416 e. The van der Waals surface area contributed by atoms with Crippen LogP contribution < -0.4 is 5.56 Å². The van der Waals surface area contributed by atoms with E-state index in [0.29, 0.717) is 39.7 Å². The average molecular weight is 432 g/mol. The summed E-state index contributed by atoms with van der Waals surface area (Å²) in [5, 5.41) is 9.53. The molecule has 0 aliphatic rings. The van der Waals surface area contributed by atoms with E-state index < -0.39 is 11.7 Å². The van der Waals surface area contributed by atoms with Gasteiger partial charge in [-0.15, -0.1) is 10.2 Å². The van der Waals surface area contributed by atoms with Gasteiger partial charge >= 0.3 is 6.18 Å². The molecule has 4 aromatic rings. The SMILES string of the molecule is CC(C)Cn1c(=O)c2ccccc2n2c(SCc3cccc(C(F)(F)F)c3)nnc12. The first-order chi connectivity index (χ1) is 14.3. The van der Waals surface area contributed by atoms with Gasteiger partial charge in [0.2, 0.25) is 5.78 Å². The molecule has 0 radical (unpaired) electrons. The Balaban J connectivity index is 1.78. The fourth-order valence-electron chi connectivity index (χ4n) is 3.34. The predicted octanol–water partition coefficient (Wildman–Crippen LogP) is 5.01. The molecular formula is C21H19F3N4OS. The van der Waals surface area contributed by atoms with Gasteiger partial charge < -0.3 is 0 Å². The highest BCUT2D eigenvalue weighted by atomic mass is 32.2. The Morgan fingerprint density at radius 3 is 2.57 bits per heavy atom. The van der Waals surface area contributed by atoms with Crippen molar-refractivity contribution in [2.75, 3.05) is 0 Å². The van der Waals surface area contributed by atoms with Gasteiger partial charge in [-0.25, -0.2) is 0 Å². The molecule has 5 nitrogen and oxygen atoms in total. The molecule has 0 saturated heterocycles. The first-order valence-electron chi connectivity index (χ1n) is 9.41. The smallest absolute Gasteiger partial charge is 0.276 e. The summed E-state index contributed by atoms with van der Waals surface area (Å²) >= 11 is 1.28. The van der Waals surface area contributed by atoms with E-state index in [0.717, 1.165) is 12.1 Å². The van der Waals surface area contributed by atoms with Gasteiger partial charge in [-0.05, 0) is 29.7 Å². The second-order valence-electron chi connectivity index (χ2n) is 7.43. The summed E-state index contributed by atoms with van der Waals surface area (Å²) in [6.07, 6.45) is -4.38. The van der Waals surface area contributed by atoms with Crippen molar-refractivity contribution in [3.05, 3.63) is 70.0 Å². The van der Waals surface area contributed by atoms with Crippen molar-refractivity contribution in [2.45, 2.75) is 37.5 Å². The molecule has 4 rings (SSSR count). The summed E-state index contributed by atoms with van der Waals surface area (Å²) in [4.78, 5) is 13.0. The number of benzene rings is 2. The van der Waals surface area contributed by atoms with Crippen LogP contribution in [0.15, 0.2) is 58.5 Å². The van der Waals surface area contributed by atoms with Crippen LogP contribution in [0.2, 0.25) is 0 Å². The summed E-state index contributed by atoms with van der Waals surface area (Å²) in [6, 6.07) is 12.5. The average Bonchev–Trinajstić information content (AvgIpc) is 3.13. The lowest BCUT2D eigenvalue weighted by molar-refractivity contribution is -0.137. The second-order valence-corrected chi connectivity index (χ2v) is 8.37. The molecule has 0 amide bonds. The number of para-hydroxylation sites is 1. The van der Waals surface area contributed by atoms with Gasteiger partial charge in [0.05, 0.1) is 16.5 Å². The lowest BCUT2D eigenvalue weighted by Crippen LogP contribution is -2.25. The molecule has 0 saturated carbocycles. The Kier molecular flexibility index (Phi) is 5.31. The minimum absolute atomic E-state index is 0.131. The lowest BCUT2D eigenvalue weighted by Gasteiger charge is -2.13. The molecule has 0 unspecified atom stereocenters. The Bertz CT molecular complexity index is 1280. The number of alkyl halides is 3. The van der Waals surface area contributed by atoms with E-state index in [9.17, 15) is 18.0 Å². The highest BCUT2D eigenvalue weighted by Crippen LogP contribution is 2.31. The predicted molar refractivity (Wildman–Crippen MR) is 111 cm³/mol. The number of halogens is 3. The fourth-order valence-corrected chi connectivity index (χ4v) is 4.23. The van der Waals surface area contributed by atoms with E-state index in [1.165, 1.54) is 17.8 Å². The van der Waals surface area contributed by atoms with Crippen molar-refractivity contribution in [3.8, 4) is 0 Å². The first kappa shape index (κ1) is 20.5. The zero-order valence-electron chi connectivity index (χ0n) is 16.3. The van der Waals surface area contributed by atoms with Gasteiger partial charge in [0.25, 0.3) is 5.56 Å². The minimum atomic E-state index is -4.38. The number of hydrogen-bond acceptors (Lipinski definition) is 4. The Hall–Kier alpha value is -2.81. The molecule has 9 heteroatoms. The summed E-state index contributed by atoms with van der Waals surface area (Å²) in [6.45, 7) is 4.51. The van der Waals surface area contributed by atoms with Crippen LogP contribution >= 0.6 is 11.8 Å². The third-order valence-electron chi connectivity index (χ3n) is 4.65. The molecular weight excluding hydrogens is 413 g/mol. The quantitative estimate of drug-likeness (QED) is 0.416. The molecule has 0 aliphatic heterocycles. The van der Waals surface area contributed by atoms with Crippen molar-refractivity contribution >= 4 is 28.4 Å². The second kappa shape index (κ2) is 7.79. The molecule has 0 bridgehead atoms. The number of nitrogens with zero attached hydrogens (tertiary/aromatic N) is 4. The van der Waals surface area contributed by atoms with Gasteiger partial charge in [-0.2, -0.15) is 13.2 Å². The Morgan fingerprint density at radius 1 is 1.07 bits per heavy atom. The number of rotatable bonds is 5. The number of thioether (sulfide) groups is 1. The van der Waals surface area contributed by atoms with Gasteiger partial charge in [0.15, 0.2) is 5.16 Å². The third kappa shape index (κ3) is 3.81. The summed E-state index contributed by atoms with van der Waals surface area (Å²) in [5.74, 6) is 0.951. The third-order valence-corrected chi connectivity index (χ3v) is 5.65. The fraction of sp³-hybridized carbons (Fsp3) is 0.286. The number of fused-ring (bicyclic) bond motifs is 3. The van der Waals surface area contributed by atoms with Crippen molar-refractivity contribution < 1.29 is 13.2 Å². The van der Waals surface area contributed by atoms with Crippen LogP contribution in [-0.4, -0.2) is 19.2 Å². The molecule has 2 heterocycles. The van der Waals surface area contributed by atoms with E-state index in [4.69, 9.17) is 0 Å². The van der Waals surface area contributed by atoms with Gasteiger partial charge in [0, 0.05) is 12.3 Å². The molecule has 30 heavy (non-hydrogen) atoms. The Morgan fingerprint density at radius 2 is 1.83 bits per heavy atom. The van der Waals surface area contributed by atoms with Crippen molar-refractivity contribution in [2.24, 2.45) is 5.92 Å². The zero-order chi connectivity index (χ0) is 21.5. The number of aromatic nitrogens is 4. The monoisotopic (exact) mass is 432 g/mol. The molecule has 0 fully saturated rings. The topological polar surface area (TPSA) is 52.2 Å². The molecule has 0 atom stereocenters. The maximum atomic E-state index is 13.0.